The van der Waals surface area contributed by atoms with Gasteiger partial charge >= 0.3 is 0 Å². The van der Waals surface area contributed by atoms with Crippen molar-refractivity contribution in [3.05, 3.63) is 29.6 Å². The first-order valence-corrected chi connectivity index (χ1v) is 8.85. The van der Waals surface area contributed by atoms with Crippen molar-refractivity contribution in [1.29, 1.82) is 0 Å². The third-order valence-electron chi connectivity index (χ3n) is 4.06. The fraction of sp³-hybridized carbons (Fsp3) is 0.600. The second-order valence-corrected chi connectivity index (χ2v) is 7.31. The molecule has 0 radical (unpaired) electrons. The topological polar surface area (TPSA) is 57.6 Å². The molecule has 0 aliphatic carbocycles. The van der Waals surface area contributed by atoms with Crippen LogP contribution >= 0.6 is 0 Å². The quantitative estimate of drug-likeness (QED) is 0.929. The molecule has 0 saturated carbocycles. The van der Waals surface area contributed by atoms with E-state index in [2.05, 4.69) is 0 Å². The van der Waals surface area contributed by atoms with E-state index in [9.17, 15) is 12.8 Å². The molecular formula is C15H22FNO3S. The van der Waals surface area contributed by atoms with E-state index < -0.39 is 15.8 Å². The Morgan fingerprint density at radius 1 is 1.33 bits per heavy atom. The van der Waals surface area contributed by atoms with E-state index in [0.717, 1.165) is 38.2 Å². The molecule has 6 heteroatoms. The second-order valence-electron chi connectivity index (χ2n) is 5.45. The van der Waals surface area contributed by atoms with Crippen molar-refractivity contribution >= 4 is 10.0 Å². The Bertz CT molecular complexity index is 589. The van der Waals surface area contributed by atoms with Crippen LogP contribution in [0.4, 0.5) is 4.39 Å². The monoisotopic (exact) mass is 315 g/mol. The van der Waals surface area contributed by atoms with Crippen LogP contribution in [0.25, 0.3) is 0 Å². The van der Waals surface area contributed by atoms with Gasteiger partial charge in [0, 0.05) is 12.6 Å². The average Bonchev–Trinajstić information content (AvgIpc) is 2.73. The van der Waals surface area contributed by atoms with Crippen molar-refractivity contribution in [3.63, 3.8) is 0 Å². The highest BCUT2D eigenvalue weighted by Gasteiger charge is 2.33. The van der Waals surface area contributed by atoms with Crippen LogP contribution in [0, 0.1) is 5.82 Å². The Labute approximate surface area is 125 Å². The SMILES string of the molecule is CCC1CCCCCN1S(=O)(=O)c1cc(CO)ccc1F. The first-order chi connectivity index (χ1) is 10.0. The largest absolute Gasteiger partial charge is 0.392 e. The summed E-state index contributed by atoms with van der Waals surface area (Å²) in [5.41, 5.74) is 0.401. The fourth-order valence-corrected chi connectivity index (χ4v) is 4.73. The van der Waals surface area contributed by atoms with Gasteiger partial charge in [-0.3, -0.25) is 0 Å². The summed E-state index contributed by atoms with van der Waals surface area (Å²) in [7, 11) is -3.86. The minimum atomic E-state index is -3.86. The van der Waals surface area contributed by atoms with Crippen LogP contribution < -0.4 is 0 Å². The molecule has 1 aliphatic heterocycles. The molecule has 1 aromatic carbocycles. The van der Waals surface area contributed by atoms with Crippen molar-refractivity contribution in [2.75, 3.05) is 6.54 Å². The molecule has 1 saturated heterocycles. The maximum absolute atomic E-state index is 14.0. The summed E-state index contributed by atoms with van der Waals surface area (Å²) in [4.78, 5) is -0.325. The van der Waals surface area contributed by atoms with Crippen molar-refractivity contribution in [2.24, 2.45) is 0 Å². The molecule has 1 fully saturated rings. The Kier molecular flexibility index (Phi) is 5.35. The van der Waals surface area contributed by atoms with E-state index >= 15 is 0 Å². The zero-order chi connectivity index (χ0) is 15.5. The lowest BCUT2D eigenvalue weighted by Crippen LogP contribution is -2.40. The minimum absolute atomic E-state index is 0.0744. The van der Waals surface area contributed by atoms with Gasteiger partial charge in [0.15, 0.2) is 0 Å². The van der Waals surface area contributed by atoms with E-state index in [1.807, 2.05) is 6.92 Å². The standard InChI is InChI=1S/C15H22FNO3S/c1-2-13-6-4-3-5-9-17(13)21(19,20)15-10-12(11-18)7-8-14(15)16/h7-8,10,13,18H,2-6,9,11H2,1H3. The number of nitrogens with zero attached hydrogens (tertiary/aromatic N) is 1. The van der Waals surface area contributed by atoms with Gasteiger partial charge in [0.25, 0.3) is 0 Å². The smallest absolute Gasteiger partial charge is 0.246 e. The summed E-state index contributed by atoms with van der Waals surface area (Å²) in [5, 5.41) is 9.14. The van der Waals surface area contributed by atoms with Gasteiger partial charge in [-0.2, -0.15) is 4.31 Å². The summed E-state index contributed by atoms with van der Waals surface area (Å²) in [6, 6.07) is 3.67. The normalized spacial score (nSPS) is 21.2. The predicted octanol–water partition coefficient (Wildman–Crippen LogP) is 2.66. The summed E-state index contributed by atoms with van der Waals surface area (Å²) in [6.07, 6.45) is 4.35. The molecule has 1 aromatic rings. The van der Waals surface area contributed by atoms with Crippen LogP contribution in [0.2, 0.25) is 0 Å². The number of rotatable bonds is 4. The Hall–Kier alpha value is -0.980. The van der Waals surface area contributed by atoms with Crippen molar-refractivity contribution in [2.45, 2.75) is 56.6 Å². The van der Waals surface area contributed by atoms with Crippen molar-refractivity contribution in [3.8, 4) is 0 Å². The van der Waals surface area contributed by atoms with Crippen LogP contribution in [-0.2, 0) is 16.6 Å². The van der Waals surface area contributed by atoms with Gasteiger partial charge in [-0.15, -0.1) is 0 Å². The molecule has 1 heterocycles. The van der Waals surface area contributed by atoms with Crippen LogP contribution in [0.3, 0.4) is 0 Å². The van der Waals surface area contributed by atoms with Gasteiger partial charge in [-0.05, 0) is 37.0 Å². The van der Waals surface area contributed by atoms with E-state index in [0.29, 0.717) is 12.1 Å². The zero-order valence-corrected chi connectivity index (χ0v) is 13.1. The van der Waals surface area contributed by atoms with Gasteiger partial charge in [0.1, 0.15) is 10.7 Å². The molecule has 118 valence electrons. The fourth-order valence-electron chi connectivity index (χ4n) is 2.85. The van der Waals surface area contributed by atoms with Gasteiger partial charge in [-0.1, -0.05) is 25.8 Å². The number of hydrogen-bond acceptors (Lipinski definition) is 3. The number of sulfonamides is 1. The third-order valence-corrected chi connectivity index (χ3v) is 6.03. The van der Waals surface area contributed by atoms with Crippen LogP contribution in [-0.4, -0.2) is 30.4 Å². The number of aliphatic hydroxyl groups is 1. The first kappa shape index (κ1) is 16.4. The summed E-state index contributed by atoms with van der Waals surface area (Å²) in [6.45, 7) is 2.09. The number of halogens is 1. The highest BCUT2D eigenvalue weighted by molar-refractivity contribution is 7.89. The van der Waals surface area contributed by atoms with E-state index in [-0.39, 0.29) is 17.5 Å². The number of aliphatic hydroxyl groups excluding tert-OH is 1. The van der Waals surface area contributed by atoms with Crippen LogP contribution in [0.15, 0.2) is 23.1 Å². The molecule has 2 rings (SSSR count). The molecule has 0 bridgehead atoms. The highest BCUT2D eigenvalue weighted by atomic mass is 32.2. The molecule has 0 aromatic heterocycles. The highest BCUT2D eigenvalue weighted by Crippen LogP contribution is 2.28. The lowest BCUT2D eigenvalue weighted by molar-refractivity contribution is 0.281. The van der Waals surface area contributed by atoms with E-state index in [1.165, 1.54) is 16.4 Å². The maximum atomic E-state index is 14.0. The second kappa shape index (κ2) is 6.85. The summed E-state index contributed by atoms with van der Waals surface area (Å²) >= 11 is 0. The van der Waals surface area contributed by atoms with E-state index in [1.54, 1.807) is 0 Å². The van der Waals surface area contributed by atoms with Crippen LogP contribution in [0.5, 0.6) is 0 Å². The molecule has 1 N–H and O–H groups in total. The lowest BCUT2D eigenvalue weighted by Gasteiger charge is -2.28. The van der Waals surface area contributed by atoms with Gasteiger partial charge in [0.05, 0.1) is 6.61 Å². The molecule has 0 spiro atoms. The molecule has 21 heavy (non-hydrogen) atoms. The molecule has 1 atom stereocenters. The summed E-state index contributed by atoms with van der Waals surface area (Å²) in [5.74, 6) is -0.758. The molecular weight excluding hydrogens is 293 g/mol. The van der Waals surface area contributed by atoms with Gasteiger partial charge in [0.2, 0.25) is 10.0 Å². The Morgan fingerprint density at radius 2 is 2.10 bits per heavy atom. The molecule has 0 amide bonds. The minimum Gasteiger partial charge on any atom is -0.392 e. The lowest BCUT2D eigenvalue weighted by atomic mass is 10.1. The van der Waals surface area contributed by atoms with Crippen LogP contribution in [0.1, 0.15) is 44.6 Å². The average molecular weight is 315 g/mol. The maximum Gasteiger partial charge on any atom is 0.246 e. The van der Waals surface area contributed by atoms with Crippen molar-refractivity contribution in [1.82, 2.24) is 4.31 Å². The molecule has 4 nitrogen and oxygen atoms in total. The van der Waals surface area contributed by atoms with Gasteiger partial charge in [-0.25, -0.2) is 12.8 Å². The van der Waals surface area contributed by atoms with Crippen molar-refractivity contribution < 1.29 is 17.9 Å². The number of benzene rings is 1. The zero-order valence-electron chi connectivity index (χ0n) is 12.3. The molecule has 1 unspecified atom stereocenters. The predicted molar refractivity (Wildman–Crippen MR) is 78.8 cm³/mol. The third kappa shape index (κ3) is 3.44. The van der Waals surface area contributed by atoms with E-state index in [4.69, 9.17) is 5.11 Å². The Morgan fingerprint density at radius 3 is 2.76 bits per heavy atom. The Balaban J connectivity index is 2.44. The number of hydrogen-bond donors (Lipinski definition) is 1. The first-order valence-electron chi connectivity index (χ1n) is 7.41. The van der Waals surface area contributed by atoms with Gasteiger partial charge < -0.3 is 5.11 Å². The molecule has 1 aliphatic rings. The summed E-state index contributed by atoms with van der Waals surface area (Å²) < 4.78 is 41.1.